The molecule has 0 saturated heterocycles. The number of aromatic carboxylic acids is 1. The topological polar surface area (TPSA) is 100 Å². The average molecular weight is 481 g/mol. The summed E-state index contributed by atoms with van der Waals surface area (Å²) in [4.78, 5) is 19.2. The van der Waals surface area contributed by atoms with Crippen molar-refractivity contribution >= 4 is 56.1 Å². The Balaban J connectivity index is 1.82. The zero-order valence-corrected chi connectivity index (χ0v) is 19.3. The number of benzene rings is 2. The van der Waals surface area contributed by atoms with E-state index in [-0.39, 0.29) is 16.3 Å². The predicted molar refractivity (Wildman–Crippen MR) is 128 cm³/mol. The van der Waals surface area contributed by atoms with Crippen LogP contribution in [0.4, 0.5) is 5.82 Å². The highest BCUT2D eigenvalue weighted by Crippen LogP contribution is 2.49. The Labute approximate surface area is 195 Å². The first-order valence-corrected chi connectivity index (χ1v) is 11.9. The van der Waals surface area contributed by atoms with E-state index < -0.39 is 19.9 Å². The molecule has 4 aromatic rings. The number of fused-ring (bicyclic) bond motifs is 2. The summed E-state index contributed by atoms with van der Waals surface area (Å²) in [5.41, 5.74) is 3.21. The summed E-state index contributed by atoms with van der Waals surface area (Å²) in [5, 5.41) is 10.4. The van der Waals surface area contributed by atoms with Crippen molar-refractivity contribution in [2.75, 3.05) is 7.05 Å². The lowest BCUT2D eigenvalue weighted by atomic mass is 10.1. The van der Waals surface area contributed by atoms with Gasteiger partial charge in [-0.1, -0.05) is 29.3 Å². The molecule has 5 rings (SSSR count). The highest BCUT2D eigenvalue weighted by molar-refractivity contribution is 7.91. The Morgan fingerprint density at radius 3 is 2.55 bits per heavy atom. The monoisotopic (exact) mass is 480 g/mol. The van der Waals surface area contributed by atoms with Gasteiger partial charge >= 0.3 is 16.0 Å². The van der Waals surface area contributed by atoms with Crippen molar-refractivity contribution in [3.05, 3.63) is 88.2 Å². The fourth-order valence-corrected chi connectivity index (χ4v) is 6.10. The van der Waals surface area contributed by atoms with Crippen molar-refractivity contribution in [2.24, 2.45) is 0 Å². The second kappa shape index (κ2) is 7.28. The van der Waals surface area contributed by atoms with E-state index in [2.05, 4.69) is 9.97 Å². The maximum Gasteiger partial charge on any atom is 0.337 e. The fraction of sp³-hybridized carbons (Fsp3) is 0.0833. The Kier molecular flexibility index (Phi) is 4.72. The number of sulfonamides is 1. The van der Waals surface area contributed by atoms with Gasteiger partial charge in [0.15, 0.2) is 5.70 Å². The predicted octanol–water partition coefficient (Wildman–Crippen LogP) is 5.06. The maximum absolute atomic E-state index is 14.1. The number of carboxylic acids is 1. The van der Waals surface area contributed by atoms with Gasteiger partial charge in [0.05, 0.1) is 28.8 Å². The van der Waals surface area contributed by atoms with E-state index in [4.69, 9.17) is 11.6 Å². The molecule has 0 spiro atoms. The quantitative estimate of drug-likeness (QED) is 0.397. The lowest BCUT2D eigenvalue weighted by Crippen LogP contribution is -2.47. The highest BCUT2D eigenvalue weighted by atomic mass is 35.5. The number of nitrogens with zero attached hydrogens (tertiary/aromatic N) is 2. The molecule has 0 fully saturated rings. The lowest BCUT2D eigenvalue weighted by Gasteiger charge is -2.30. The lowest BCUT2D eigenvalue weighted by molar-refractivity contribution is 0.0697. The first kappa shape index (κ1) is 21.4. The second-order valence-corrected chi connectivity index (χ2v) is 10.6. The number of carbonyl (C=O) groups is 1. The Bertz CT molecular complexity index is 1590. The minimum absolute atomic E-state index is 0.103. The van der Waals surface area contributed by atoms with Gasteiger partial charge < -0.3 is 10.1 Å². The van der Waals surface area contributed by atoms with E-state index in [1.54, 1.807) is 55.7 Å². The van der Waals surface area contributed by atoms with Crippen LogP contribution in [-0.4, -0.2) is 36.5 Å². The van der Waals surface area contributed by atoms with Crippen LogP contribution < -0.4 is 3.89 Å². The largest absolute Gasteiger partial charge is 0.478 e. The number of rotatable bonds is 4. The third kappa shape index (κ3) is 3.02. The van der Waals surface area contributed by atoms with Crippen molar-refractivity contribution in [2.45, 2.75) is 11.8 Å². The molecular weight excluding hydrogens is 462 g/mol. The molecular formula is C24H19ClN3O4S+. The number of pyridine rings is 1. The molecule has 0 bridgehead atoms. The minimum Gasteiger partial charge on any atom is -0.478 e. The van der Waals surface area contributed by atoms with E-state index in [0.717, 1.165) is 5.56 Å². The van der Waals surface area contributed by atoms with Crippen LogP contribution in [0.2, 0.25) is 5.02 Å². The van der Waals surface area contributed by atoms with Gasteiger partial charge in [0, 0.05) is 29.4 Å². The van der Waals surface area contributed by atoms with Gasteiger partial charge in [-0.15, -0.1) is 3.89 Å². The summed E-state index contributed by atoms with van der Waals surface area (Å²) >= 11 is 6.45. The van der Waals surface area contributed by atoms with Gasteiger partial charge in [0.25, 0.3) is 5.82 Å². The van der Waals surface area contributed by atoms with Gasteiger partial charge in [-0.05, 0) is 43.3 Å². The standard InChI is InChI=1S/C24H18ClN3O4S/c1-14-3-6-16(7-4-14)33(31,32)28(2)22(12-18-20(25)9-10-26-23(18)28)19-13-27-21-8-5-15(24(29)30)11-17(19)21/h3-13,27H,1-2H3/p+1. The fourth-order valence-electron chi connectivity index (χ4n) is 4.22. The molecule has 1 atom stereocenters. The van der Waals surface area contributed by atoms with E-state index in [0.29, 0.717) is 32.7 Å². The van der Waals surface area contributed by atoms with Crippen molar-refractivity contribution < 1.29 is 18.3 Å². The average Bonchev–Trinajstić information content (AvgIpc) is 3.34. The van der Waals surface area contributed by atoms with Crippen LogP contribution in [0.3, 0.4) is 0 Å². The molecule has 2 aromatic carbocycles. The van der Waals surface area contributed by atoms with Gasteiger partial charge in [-0.2, -0.15) is 8.42 Å². The van der Waals surface area contributed by atoms with Crippen LogP contribution in [0.5, 0.6) is 0 Å². The molecule has 0 aliphatic carbocycles. The number of quaternary nitrogens is 1. The first-order valence-electron chi connectivity index (χ1n) is 10.0. The summed E-state index contributed by atoms with van der Waals surface area (Å²) in [6.45, 7) is 1.89. The van der Waals surface area contributed by atoms with E-state index in [9.17, 15) is 18.3 Å². The number of aryl methyl sites for hydroxylation is 1. The molecule has 0 amide bonds. The van der Waals surface area contributed by atoms with Crippen LogP contribution in [-0.2, 0) is 10.0 Å². The Morgan fingerprint density at radius 1 is 1.12 bits per heavy atom. The van der Waals surface area contributed by atoms with Crippen molar-refractivity contribution in [1.29, 1.82) is 0 Å². The van der Waals surface area contributed by atoms with Crippen molar-refractivity contribution in [1.82, 2.24) is 13.9 Å². The first-order chi connectivity index (χ1) is 15.6. The SMILES string of the molecule is Cc1ccc(S(=O)(=O)[N+]2(C)C(c3c[nH]c4ccc(C(=O)O)cc34)=Cc3c(Cl)ccnc32)cc1. The summed E-state index contributed by atoms with van der Waals surface area (Å²) in [6.07, 6.45) is 4.88. The molecule has 9 heteroatoms. The molecule has 0 saturated carbocycles. The second-order valence-electron chi connectivity index (χ2n) is 8.04. The van der Waals surface area contributed by atoms with Crippen LogP contribution >= 0.6 is 11.6 Å². The van der Waals surface area contributed by atoms with Crippen molar-refractivity contribution in [3.8, 4) is 0 Å². The number of hydrogen-bond acceptors (Lipinski definition) is 4. The van der Waals surface area contributed by atoms with Gasteiger partial charge in [-0.3, -0.25) is 0 Å². The summed E-state index contributed by atoms with van der Waals surface area (Å²) in [5.74, 6) is -0.788. The third-order valence-corrected chi connectivity index (χ3v) is 8.59. The number of halogens is 1. The Hall–Kier alpha value is -3.46. The molecule has 1 aliphatic rings. The van der Waals surface area contributed by atoms with Crippen LogP contribution in [0.1, 0.15) is 27.0 Å². The molecule has 33 heavy (non-hydrogen) atoms. The summed E-state index contributed by atoms with van der Waals surface area (Å²) in [7, 11) is -2.47. The molecule has 2 aromatic heterocycles. The molecule has 7 nitrogen and oxygen atoms in total. The van der Waals surface area contributed by atoms with E-state index in [1.807, 2.05) is 6.92 Å². The van der Waals surface area contributed by atoms with E-state index in [1.165, 1.54) is 18.3 Å². The van der Waals surface area contributed by atoms with Gasteiger partial charge in [0.1, 0.15) is 4.90 Å². The Morgan fingerprint density at radius 2 is 1.85 bits per heavy atom. The van der Waals surface area contributed by atoms with Crippen LogP contribution in [0.15, 0.2) is 65.8 Å². The van der Waals surface area contributed by atoms with Crippen LogP contribution in [0, 0.1) is 6.92 Å². The van der Waals surface area contributed by atoms with Gasteiger partial charge in [-0.25, -0.2) is 9.78 Å². The summed E-state index contributed by atoms with van der Waals surface area (Å²) in [6, 6.07) is 12.9. The normalized spacial score (nSPS) is 17.7. The van der Waals surface area contributed by atoms with Gasteiger partial charge in [0.2, 0.25) is 0 Å². The maximum atomic E-state index is 14.1. The molecule has 1 unspecified atom stereocenters. The number of nitrogens with one attached hydrogen (secondary N) is 1. The zero-order valence-electron chi connectivity index (χ0n) is 17.7. The number of H-pyrrole nitrogens is 1. The van der Waals surface area contributed by atoms with Crippen LogP contribution in [0.25, 0.3) is 22.7 Å². The highest BCUT2D eigenvalue weighted by Gasteiger charge is 2.52. The number of aromatic amines is 1. The molecule has 3 heterocycles. The third-order valence-electron chi connectivity index (χ3n) is 6.07. The molecule has 166 valence electrons. The molecule has 0 radical (unpaired) electrons. The van der Waals surface area contributed by atoms with Crippen molar-refractivity contribution in [3.63, 3.8) is 0 Å². The zero-order chi connectivity index (χ0) is 23.5. The molecule has 1 aliphatic heterocycles. The minimum atomic E-state index is -4.04. The van der Waals surface area contributed by atoms with E-state index >= 15 is 0 Å². The number of carboxylic acid groups (broad SMARTS) is 1. The number of hydrogen-bond donors (Lipinski definition) is 2. The number of aromatic nitrogens is 2. The smallest absolute Gasteiger partial charge is 0.337 e. The summed E-state index contributed by atoms with van der Waals surface area (Å²) < 4.78 is 27.6. The molecule has 2 N–H and O–H groups in total.